The average Bonchev–Trinajstić information content (AvgIpc) is 2.17. The smallest absolute Gasteiger partial charge is 0.144 e. The number of hydrogen-bond donors (Lipinski definition) is 1. The molecule has 0 saturated carbocycles. The van der Waals surface area contributed by atoms with Crippen molar-refractivity contribution in [3.63, 3.8) is 0 Å². The summed E-state index contributed by atoms with van der Waals surface area (Å²) < 4.78 is 26.4. The molecule has 0 radical (unpaired) electrons. The molecule has 15 heavy (non-hydrogen) atoms. The van der Waals surface area contributed by atoms with Crippen LogP contribution in [0.4, 0.5) is 8.78 Å². The van der Waals surface area contributed by atoms with Gasteiger partial charge in [0.05, 0.1) is 0 Å². The summed E-state index contributed by atoms with van der Waals surface area (Å²) in [5.74, 6) is -1.70. The monoisotopic (exact) mass is 210 g/mol. The van der Waals surface area contributed by atoms with Gasteiger partial charge in [-0.2, -0.15) is 5.26 Å². The zero-order chi connectivity index (χ0) is 11.4. The lowest BCUT2D eigenvalue weighted by molar-refractivity contribution is 0.560. The van der Waals surface area contributed by atoms with Crippen LogP contribution < -0.4 is 5.73 Å². The molecule has 1 aromatic carbocycles. The lowest BCUT2D eigenvalue weighted by atomic mass is 10.0. The van der Waals surface area contributed by atoms with Crippen LogP contribution in [0.5, 0.6) is 0 Å². The van der Waals surface area contributed by atoms with E-state index in [9.17, 15) is 8.78 Å². The van der Waals surface area contributed by atoms with Crippen LogP contribution in [0.2, 0.25) is 0 Å². The van der Waals surface area contributed by atoms with E-state index in [1.165, 1.54) is 6.07 Å². The highest BCUT2D eigenvalue weighted by molar-refractivity contribution is 5.36. The Balaban J connectivity index is 3.09. The standard InChI is InChI=1S/C11H12F2N2/c1-2-3-11(15)7-4-9(12)8(6-14)10(13)5-7/h4-5,11H,2-3,15H2,1H3/t11-/m1/s1. The average molecular weight is 210 g/mol. The summed E-state index contributed by atoms with van der Waals surface area (Å²) in [6, 6.07) is 3.34. The summed E-state index contributed by atoms with van der Waals surface area (Å²) in [7, 11) is 0. The van der Waals surface area contributed by atoms with E-state index in [1.807, 2.05) is 6.92 Å². The molecule has 0 aromatic heterocycles. The quantitative estimate of drug-likeness (QED) is 0.833. The van der Waals surface area contributed by atoms with E-state index in [1.54, 1.807) is 0 Å². The third-order valence-electron chi connectivity index (χ3n) is 2.20. The predicted molar refractivity (Wildman–Crippen MR) is 52.9 cm³/mol. The fraction of sp³-hybridized carbons (Fsp3) is 0.364. The van der Waals surface area contributed by atoms with Crippen LogP contribution in [0, 0.1) is 23.0 Å². The number of rotatable bonds is 3. The van der Waals surface area contributed by atoms with Gasteiger partial charge in [-0.1, -0.05) is 13.3 Å². The van der Waals surface area contributed by atoms with Crippen LogP contribution in [-0.4, -0.2) is 0 Å². The van der Waals surface area contributed by atoms with Gasteiger partial charge in [0.2, 0.25) is 0 Å². The van der Waals surface area contributed by atoms with Gasteiger partial charge >= 0.3 is 0 Å². The van der Waals surface area contributed by atoms with E-state index in [0.29, 0.717) is 12.0 Å². The summed E-state index contributed by atoms with van der Waals surface area (Å²) in [5.41, 5.74) is 5.56. The van der Waals surface area contributed by atoms with E-state index >= 15 is 0 Å². The van der Waals surface area contributed by atoms with Crippen LogP contribution in [0.1, 0.15) is 36.9 Å². The van der Waals surface area contributed by atoms with E-state index in [0.717, 1.165) is 18.6 Å². The van der Waals surface area contributed by atoms with Gasteiger partial charge in [0.1, 0.15) is 23.3 Å². The highest BCUT2D eigenvalue weighted by atomic mass is 19.1. The normalized spacial score (nSPS) is 12.2. The van der Waals surface area contributed by atoms with Crippen molar-refractivity contribution in [1.29, 1.82) is 5.26 Å². The van der Waals surface area contributed by atoms with E-state index in [2.05, 4.69) is 0 Å². The molecular formula is C11H12F2N2. The number of hydrogen-bond acceptors (Lipinski definition) is 2. The minimum Gasteiger partial charge on any atom is -0.324 e. The highest BCUT2D eigenvalue weighted by Gasteiger charge is 2.13. The Labute approximate surface area is 87.3 Å². The Morgan fingerprint density at radius 2 is 1.93 bits per heavy atom. The molecule has 80 valence electrons. The molecule has 0 aliphatic carbocycles. The first kappa shape index (κ1) is 11.6. The predicted octanol–water partition coefficient (Wildman–Crippen LogP) is 2.64. The number of nitrogens with zero attached hydrogens (tertiary/aromatic N) is 1. The third-order valence-corrected chi connectivity index (χ3v) is 2.20. The molecule has 0 unspecified atom stereocenters. The molecule has 2 N–H and O–H groups in total. The van der Waals surface area contributed by atoms with Gasteiger partial charge in [0, 0.05) is 6.04 Å². The number of halogens is 2. The van der Waals surface area contributed by atoms with Crippen LogP contribution >= 0.6 is 0 Å². The van der Waals surface area contributed by atoms with Gasteiger partial charge in [-0.3, -0.25) is 0 Å². The molecular weight excluding hydrogens is 198 g/mol. The summed E-state index contributed by atoms with van der Waals surface area (Å²) in [4.78, 5) is 0. The van der Waals surface area contributed by atoms with Crippen molar-refractivity contribution in [1.82, 2.24) is 0 Å². The Hall–Kier alpha value is -1.47. The molecule has 2 nitrogen and oxygen atoms in total. The Bertz CT molecular complexity index is 373. The first-order chi connectivity index (χ1) is 7.10. The zero-order valence-corrected chi connectivity index (χ0v) is 8.43. The Kier molecular flexibility index (Phi) is 3.75. The van der Waals surface area contributed by atoms with E-state index in [-0.39, 0.29) is 6.04 Å². The number of nitrogens with two attached hydrogens (primary N) is 1. The van der Waals surface area contributed by atoms with Crippen molar-refractivity contribution in [2.45, 2.75) is 25.8 Å². The first-order valence-corrected chi connectivity index (χ1v) is 4.74. The van der Waals surface area contributed by atoms with Crippen LogP contribution in [0.3, 0.4) is 0 Å². The van der Waals surface area contributed by atoms with Crippen LogP contribution in [0.15, 0.2) is 12.1 Å². The van der Waals surface area contributed by atoms with Crippen LogP contribution in [0.25, 0.3) is 0 Å². The van der Waals surface area contributed by atoms with Crippen molar-refractivity contribution in [3.8, 4) is 6.07 Å². The van der Waals surface area contributed by atoms with Crippen molar-refractivity contribution >= 4 is 0 Å². The molecule has 0 saturated heterocycles. The van der Waals surface area contributed by atoms with Crippen molar-refractivity contribution in [2.24, 2.45) is 5.73 Å². The van der Waals surface area contributed by atoms with Crippen molar-refractivity contribution in [2.75, 3.05) is 0 Å². The molecule has 1 aromatic rings. The molecule has 0 fully saturated rings. The lowest BCUT2D eigenvalue weighted by Crippen LogP contribution is -2.11. The third kappa shape index (κ3) is 2.51. The molecule has 0 aliphatic rings. The Morgan fingerprint density at radius 3 is 2.33 bits per heavy atom. The molecule has 0 spiro atoms. The van der Waals surface area contributed by atoms with Gasteiger partial charge in [-0.05, 0) is 24.1 Å². The van der Waals surface area contributed by atoms with Crippen LogP contribution in [-0.2, 0) is 0 Å². The maximum Gasteiger partial charge on any atom is 0.144 e. The number of benzene rings is 1. The molecule has 4 heteroatoms. The fourth-order valence-corrected chi connectivity index (χ4v) is 1.39. The number of nitriles is 1. The molecule has 0 bridgehead atoms. The highest BCUT2D eigenvalue weighted by Crippen LogP contribution is 2.21. The molecule has 1 rings (SSSR count). The molecule has 1 atom stereocenters. The first-order valence-electron chi connectivity index (χ1n) is 4.74. The summed E-state index contributed by atoms with van der Waals surface area (Å²) in [5, 5.41) is 8.47. The summed E-state index contributed by atoms with van der Waals surface area (Å²) in [6.45, 7) is 1.94. The zero-order valence-electron chi connectivity index (χ0n) is 8.43. The van der Waals surface area contributed by atoms with Crippen molar-refractivity contribution < 1.29 is 8.78 Å². The summed E-state index contributed by atoms with van der Waals surface area (Å²) in [6.07, 6.45) is 1.50. The second-order valence-corrected chi connectivity index (χ2v) is 3.37. The largest absolute Gasteiger partial charge is 0.324 e. The van der Waals surface area contributed by atoms with Gasteiger partial charge in [0.15, 0.2) is 0 Å². The lowest BCUT2D eigenvalue weighted by Gasteiger charge is -2.11. The van der Waals surface area contributed by atoms with Gasteiger partial charge in [0.25, 0.3) is 0 Å². The maximum absolute atomic E-state index is 13.2. The Morgan fingerprint density at radius 1 is 1.40 bits per heavy atom. The molecule has 0 heterocycles. The second kappa shape index (κ2) is 4.85. The van der Waals surface area contributed by atoms with E-state index < -0.39 is 17.2 Å². The summed E-state index contributed by atoms with van der Waals surface area (Å²) >= 11 is 0. The van der Waals surface area contributed by atoms with Crippen molar-refractivity contribution in [3.05, 3.63) is 34.9 Å². The van der Waals surface area contributed by atoms with Gasteiger partial charge in [-0.25, -0.2) is 8.78 Å². The molecule has 0 aliphatic heterocycles. The topological polar surface area (TPSA) is 49.8 Å². The fourth-order valence-electron chi connectivity index (χ4n) is 1.39. The van der Waals surface area contributed by atoms with Gasteiger partial charge in [-0.15, -0.1) is 0 Å². The SMILES string of the molecule is CCC[C@@H](N)c1cc(F)c(C#N)c(F)c1. The van der Waals surface area contributed by atoms with E-state index in [4.69, 9.17) is 11.0 Å². The minimum absolute atomic E-state index is 0.383. The molecule has 0 amide bonds. The second-order valence-electron chi connectivity index (χ2n) is 3.37. The van der Waals surface area contributed by atoms with Gasteiger partial charge < -0.3 is 5.73 Å². The maximum atomic E-state index is 13.2. The minimum atomic E-state index is -0.848.